The predicted octanol–water partition coefficient (Wildman–Crippen LogP) is 2.00. The summed E-state index contributed by atoms with van der Waals surface area (Å²) < 4.78 is 5.23. The van der Waals surface area contributed by atoms with E-state index in [1.807, 2.05) is 30.3 Å². The smallest absolute Gasteiger partial charge is 0.408 e. The maximum Gasteiger partial charge on any atom is 0.408 e. The molecule has 2 atom stereocenters. The molecule has 200 valence electrons. The van der Waals surface area contributed by atoms with Crippen molar-refractivity contribution in [2.24, 2.45) is 11.7 Å². The Morgan fingerprint density at radius 3 is 2.19 bits per heavy atom. The number of ether oxygens (including phenoxy) is 1. The average Bonchev–Trinajstić information content (AvgIpc) is 2.88. The molecule has 11 heteroatoms. The molecule has 2 aromatic rings. The fourth-order valence-corrected chi connectivity index (χ4v) is 3.40. The number of alkyl carbamates (subject to hydrolysis) is 1. The van der Waals surface area contributed by atoms with Crippen LogP contribution >= 0.6 is 0 Å². The minimum atomic E-state index is -0.955. The van der Waals surface area contributed by atoms with Crippen molar-refractivity contribution in [2.75, 3.05) is 11.9 Å². The van der Waals surface area contributed by atoms with Gasteiger partial charge in [0.1, 0.15) is 18.7 Å². The van der Waals surface area contributed by atoms with Crippen LogP contribution in [0.25, 0.3) is 0 Å². The second-order valence-corrected chi connectivity index (χ2v) is 8.77. The van der Waals surface area contributed by atoms with E-state index >= 15 is 0 Å². The second kappa shape index (κ2) is 15.1. The summed E-state index contributed by atoms with van der Waals surface area (Å²) in [4.78, 5) is 49.4. The van der Waals surface area contributed by atoms with Crippen LogP contribution in [0.3, 0.4) is 0 Å². The van der Waals surface area contributed by atoms with Gasteiger partial charge < -0.3 is 36.8 Å². The first kappa shape index (κ1) is 29.1. The largest absolute Gasteiger partial charge is 0.445 e. The zero-order valence-corrected chi connectivity index (χ0v) is 21.0. The Morgan fingerprint density at radius 1 is 0.919 bits per heavy atom. The highest BCUT2D eigenvalue weighted by Crippen LogP contribution is 2.12. The number of nitrogens with one attached hydrogen (secondary N) is 4. The van der Waals surface area contributed by atoms with Gasteiger partial charge in [0, 0.05) is 12.2 Å². The summed E-state index contributed by atoms with van der Waals surface area (Å²) in [6.45, 7) is 3.66. The molecule has 0 aromatic heterocycles. The Bertz CT molecular complexity index is 1030. The molecule has 7 N–H and O–H groups in total. The van der Waals surface area contributed by atoms with Gasteiger partial charge in [0.05, 0.1) is 6.61 Å². The second-order valence-electron chi connectivity index (χ2n) is 8.77. The average molecular weight is 514 g/mol. The molecule has 0 saturated carbocycles. The fraction of sp³-hybridized carbons (Fsp3) is 0.385. The van der Waals surface area contributed by atoms with Gasteiger partial charge in [0.2, 0.25) is 11.8 Å². The van der Waals surface area contributed by atoms with Crippen LogP contribution < -0.4 is 27.0 Å². The monoisotopic (exact) mass is 513 g/mol. The van der Waals surface area contributed by atoms with E-state index in [1.165, 1.54) is 0 Å². The van der Waals surface area contributed by atoms with E-state index in [2.05, 4.69) is 21.3 Å². The highest BCUT2D eigenvalue weighted by atomic mass is 16.5. The molecule has 0 aliphatic rings. The molecule has 0 aliphatic carbocycles. The highest BCUT2D eigenvalue weighted by Gasteiger charge is 2.29. The Kier molecular flexibility index (Phi) is 11.9. The Morgan fingerprint density at radius 2 is 1.59 bits per heavy atom. The predicted molar refractivity (Wildman–Crippen MR) is 138 cm³/mol. The topological polar surface area (TPSA) is 172 Å². The van der Waals surface area contributed by atoms with Crippen LogP contribution in [0, 0.1) is 5.92 Å². The summed E-state index contributed by atoms with van der Waals surface area (Å²) >= 11 is 0. The van der Waals surface area contributed by atoms with Gasteiger partial charge in [-0.1, -0.05) is 56.3 Å². The van der Waals surface area contributed by atoms with Gasteiger partial charge in [0.25, 0.3) is 0 Å². The zero-order valence-electron chi connectivity index (χ0n) is 21.0. The maximum absolute atomic E-state index is 13.1. The number of amides is 5. The van der Waals surface area contributed by atoms with E-state index in [0.717, 1.165) is 5.56 Å². The summed E-state index contributed by atoms with van der Waals surface area (Å²) in [5, 5.41) is 19.7. The number of urea groups is 1. The number of aliphatic hydroxyl groups is 1. The molecule has 0 saturated heterocycles. The van der Waals surface area contributed by atoms with Gasteiger partial charge in [-0.25, -0.2) is 9.59 Å². The first-order valence-corrected chi connectivity index (χ1v) is 12.0. The van der Waals surface area contributed by atoms with Gasteiger partial charge >= 0.3 is 12.1 Å². The number of benzene rings is 2. The van der Waals surface area contributed by atoms with E-state index in [0.29, 0.717) is 17.7 Å². The lowest BCUT2D eigenvalue weighted by Crippen LogP contribution is -2.54. The van der Waals surface area contributed by atoms with Gasteiger partial charge in [-0.15, -0.1) is 0 Å². The number of hydrogen-bond donors (Lipinski definition) is 6. The van der Waals surface area contributed by atoms with Crippen LogP contribution in [0.2, 0.25) is 0 Å². The van der Waals surface area contributed by atoms with Crippen LogP contribution in [0.4, 0.5) is 15.3 Å². The normalized spacial score (nSPS) is 12.2. The first-order valence-electron chi connectivity index (χ1n) is 12.0. The third-order valence-electron chi connectivity index (χ3n) is 5.44. The van der Waals surface area contributed by atoms with Crippen LogP contribution in [0.15, 0.2) is 54.6 Å². The van der Waals surface area contributed by atoms with Crippen molar-refractivity contribution in [3.8, 4) is 0 Å². The molecule has 0 aliphatic heterocycles. The van der Waals surface area contributed by atoms with Crippen LogP contribution in [0.1, 0.15) is 37.8 Å². The lowest BCUT2D eigenvalue weighted by Gasteiger charge is -2.25. The molecule has 0 heterocycles. The van der Waals surface area contributed by atoms with Crippen molar-refractivity contribution in [3.05, 3.63) is 65.7 Å². The van der Waals surface area contributed by atoms with E-state index in [1.54, 1.807) is 38.1 Å². The third-order valence-corrected chi connectivity index (χ3v) is 5.44. The van der Waals surface area contributed by atoms with Crippen LogP contribution in [-0.2, 0) is 27.5 Å². The molecular weight excluding hydrogens is 478 g/mol. The van der Waals surface area contributed by atoms with Crippen molar-refractivity contribution in [2.45, 2.75) is 52.0 Å². The maximum atomic E-state index is 13.1. The van der Waals surface area contributed by atoms with Crippen molar-refractivity contribution in [1.29, 1.82) is 0 Å². The molecule has 0 radical (unpaired) electrons. The number of rotatable bonds is 13. The first-order chi connectivity index (χ1) is 17.7. The molecule has 5 amide bonds. The van der Waals surface area contributed by atoms with Crippen molar-refractivity contribution >= 4 is 29.6 Å². The van der Waals surface area contributed by atoms with Gasteiger partial charge in [-0.2, -0.15) is 0 Å². The van der Waals surface area contributed by atoms with E-state index in [4.69, 9.17) is 10.5 Å². The van der Waals surface area contributed by atoms with Gasteiger partial charge in [0.15, 0.2) is 0 Å². The molecule has 37 heavy (non-hydrogen) atoms. The number of hydrogen-bond acceptors (Lipinski definition) is 6. The standard InChI is InChI=1S/C26H35N5O6/c1-17(2)22(31-26(36)37-16-19-7-4-3-5-8-19)24(34)30-21(9-6-14-28-25(27)35)23(33)29-20-12-10-18(15-32)11-13-20/h3-5,7-8,10-13,17,21-22,32H,6,9,14-16H2,1-2H3,(H,29,33)(H,30,34)(H,31,36)(H3,27,28,35). The lowest BCUT2D eigenvalue weighted by atomic mass is 10.0. The summed E-state index contributed by atoms with van der Waals surface area (Å²) in [6.07, 6.45) is -0.187. The minimum absolute atomic E-state index is 0.0477. The number of anilines is 1. The lowest BCUT2D eigenvalue weighted by molar-refractivity contribution is -0.128. The number of nitrogens with two attached hydrogens (primary N) is 1. The number of carbonyl (C=O) groups is 4. The molecule has 11 nitrogen and oxygen atoms in total. The molecule has 0 fully saturated rings. The summed E-state index contributed by atoms with van der Waals surface area (Å²) in [7, 11) is 0. The molecule has 0 spiro atoms. The molecule has 2 aromatic carbocycles. The molecular formula is C26H35N5O6. The van der Waals surface area contributed by atoms with Crippen molar-refractivity contribution in [3.63, 3.8) is 0 Å². The van der Waals surface area contributed by atoms with E-state index in [-0.39, 0.29) is 32.1 Å². The minimum Gasteiger partial charge on any atom is -0.445 e. The van der Waals surface area contributed by atoms with Crippen molar-refractivity contribution < 1.29 is 29.0 Å². The van der Waals surface area contributed by atoms with E-state index < -0.39 is 36.0 Å². The zero-order chi connectivity index (χ0) is 27.2. The summed E-state index contributed by atoms with van der Waals surface area (Å²) in [6, 6.07) is 13.1. The van der Waals surface area contributed by atoms with Crippen LogP contribution in [0.5, 0.6) is 0 Å². The van der Waals surface area contributed by atoms with Gasteiger partial charge in [-0.05, 0) is 42.0 Å². The number of aliphatic hydroxyl groups excluding tert-OH is 1. The molecule has 2 unspecified atom stereocenters. The van der Waals surface area contributed by atoms with Gasteiger partial charge in [-0.3, -0.25) is 9.59 Å². The van der Waals surface area contributed by atoms with Crippen LogP contribution in [-0.4, -0.2) is 47.7 Å². The Balaban J connectivity index is 2.04. The Labute approximate surface area is 216 Å². The van der Waals surface area contributed by atoms with Crippen molar-refractivity contribution in [1.82, 2.24) is 16.0 Å². The highest BCUT2D eigenvalue weighted by molar-refractivity contribution is 5.98. The Hall–Kier alpha value is -4.12. The number of primary amides is 1. The summed E-state index contributed by atoms with van der Waals surface area (Å²) in [5.74, 6) is -1.32. The SMILES string of the molecule is CC(C)C(NC(=O)OCc1ccccc1)C(=O)NC(CCCNC(N)=O)C(=O)Nc1ccc(CO)cc1. The quantitative estimate of drug-likeness (QED) is 0.224. The molecule has 2 rings (SSSR count). The third kappa shape index (κ3) is 10.6. The van der Waals surface area contributed by atoms with E-state index in [9.17, 15) is 24.3 Å². The number of carbonyl (C=O) groups excluding carboxylic acids is 4. The molecule has 0 bridgehead atoms. The fourth-order valence-electron chi connectivity index (χ4n) is 3.40. The summed E-state index contributed by atoms with van der Waals surface area (Å²) in [5.41, 5.74) is 7.06.